The van der Waals surface area contributed by atoms with Gasteiger partial charge >= 0.3 is 0 Å². The summed E-state index contributed by atoms with van der Waals surface area (Å²) >= 11 is -1.93. The first-order chi connectivity index (χ1) is 10.6. The van der Waals surface area contributed by atoms with Crippen LogP contribution in [0.2, 0.25) is 0 Å². The second-order valence-electron chi connectivity index (χ2n) is 6.04. The largest absolute Gasteiger partial charge is 0.361 e. The van der Waals surface area contributed by atoms with Crippen LogP contribution >= 0.6 is 0 Å². The molecule has 3 atom stereocenters. The van der Waals surface area contributed by atoms with E-state index in [0.29, 0.717) is 6.04 Å². The zero-order valence-electron chi connectivity index (χ0n) is 13.0. The average Bonchev–Trinajstić information content (AvgIpc) is 3.07. The summed E-state index contributed by atoms with van der Waals surface area (Å²) in [6, 6.07) is 6.52. The number of rotatable bonds is 5. The van der Waals surface area contributed by atoms with Gasteiger partial charge in [0.2, 0.25) is 0 Å². The van der Waals surface area contributed by atoms with Gasteiger partial charge in [-0.15, -0.1) is 0 Å². The Labute approximate surface area is 133 Å². The molecular weight excluding hydrogens is 298 g/mol. The Bertz CT molecular complexity index is 685. The third-order valence-corrected chi connectivity index (χ3v) is 5.60. The van der Waals surface area contributed by atoms with Crippen molar-refractivity contribution < 1.29 is 8.76 Å². The van der Waals surface area contributed by atoms with Crippen molar-refractivity contribution in [3.63, 3.8) is 0 Å². The van der Waals surface area contributed by atoms with Gasteiger partial charge in [-0.05, 0) is 63.2 Å². The molecule has 1 fully saturated rings. The molecule has 1 aromatic heterocycles. The highest BCUT2D eigenvalue weighted by molar-refractivity contribution is 7.79. The summed E-state index contributed by atoms with van der Waals surface area (Å²) in [4.78, 5) is 5.73. The highest BCUT2D eigenvalue weighted by Gasteiger charge is 2.23. The van der Waals surface area contributed by atoms with Crippen molar-refractivity contribution in [3.05, 3.63) is 35.5 Å². The lowest BCUT2D eigenvalue weighted by Gasteiger charge is -2.19. The Morgan fingerprint density at radius 1 is 1.55 bits per heavy atom. The molecule has 3 unspecified atom stereocenters. The van der Waals surface area contributed by atoms with Crippen LogP contribution in [0.15, 0.2) is 24.4 Å². The van der Waals surface area contributed by atoms with Gasteiger partial charge in [0.05, 0.1) is 0 Å². The van der Waals surface area contributed by atoms with Crippen LogP contribution in [0, 0.1) is 0 Å². The Hall–Kier alpha value is -1.21. The normalized spacial score (nSPS) is 22.2. The molecule has 1 aliphatic rings. The van der Waals surface area contributed by atoms with Crippen LogP contribution in [0.1, 0.15) is 29.3 Å². The second-order valence-corrected chi connectivity index (χ2v) is 7.07. The number of hydrogen-bond donors (Lipinski definition) is 3. The summed E-state index contributed by atoms with van der Waals surface area (Å²) in [6.07, 6.45) is 5.60. The highest BCUT2D eigenvalue weighted by Crippen LogP contribution is 2.27. The molecule has 0 amide bonds. The van der Waals surface area contributed by atoms with Crippen molar-refractivity contribution in [1.82, 2.24) is 15.2 Å². The van der Waals surface area contributed by atoms with Crippen LogP contribution in [0.5, 0.6) is 0 Å². The first kappa shape index (κ1) is 15.7. The van der Waals surface area contributed by atoms with Gasteiger partial charge in [0, 0.05) is 23.1 Å². The van der Waals surface area contributed by atoms with Crippen molar-refractivity contribution in [3.8, 4) is 0 Å². The molecule has 5 nitrogen and oxygen atoms in total. The number of aromatic nitrogens is 1. The summed E-state index contributed by atoms with van der Waals surface area (Å²) < 4.78 is 20.9. The number of aromatic amines is 1. The predicted molar refractivity (Wildman–Crippen MR) is 90.2 cm³/mol. The predicted octanol–water partition coefficient (Wildman–Crippen LogP) is 2.24. The summed E-state index contributed by atoms with van der Waals surface area (Å²) in [7, 11) is 3.89. The lowest BCUT2D eigenvalue weighted by atomic mass is 10.0. The maximum atomic E-state index is 11.4. The lowest BCUT2D eigenvalue weighted by Crippen LogP contribution is -2.26. The van der Waals surface area contributed by atoms with Gasteiger partial charge in [0.25, 0.3) is 0 Å². The molecule has 22 heavy (non-hydrogen) atoms. The molecular formula is C16H23N3O2S. The van der Waals surface area contributed by atoms with Crippen molar-refractivity contribution >= 4 is 22.0 Å². The summed E-state index contributed by atoms with van der Waals surface area (Å²) in [5, 5.41) is 3.51. The van der Waals surface area contributed by atoms with E-state index in [1.54, 1.807) is 7.05 Å². The van der Waals surface area contributed by atoms with Crippen LogP contribution < -0.4 is 5.32 Å². The minimum absolute atomic E-state index is 0.554. The van der Waals surface area contributed by atoms with Gasteiger partial charge in [0.15, 0.2) is 11.1 Å². The van der Waals surface area contributed by atoms with Crippen LogP contribution in [0.3, 0.4) is 0 Å². The average molecular weight is 321 g/mol. The quantitative estimate of drug-likeness (QED) is 0.739. The SMILES string of the molecule is CNC(c1ccc2[nH]cc(CC3CCCN3C)c2c1)S(=O)O. The van der Waals surface area contributed by atoms with Crippen LogP contribution in [0.4, 0.5) is 0 Å². The molecule has 0 bridgehead atoms. The van der Waals surface area contributed by atoms with E-state index >= 15 is 0 Å². The summed E-state index contributed by atoms with van der Waals surface area (Å²) in [5.41, 5.74) is 3.21. The molecule has 3 rings (SSSR count). The highest BCUT2D eigenvalue weighted by atomic mass is 32.2. The van der Waals surface area contributed by atoms with E-state index < -0.39 is 16.5 Å². The monoisotopic (exact) mass is 321 g/mol. The van der Waals surface area contributed by atoms with E-state index in [-0.39, 0.29) is 0 Å². The van der Waals surface area contributed by atoms with Gasteiger partial charge in [0.1, 0.15) is 5.37 Å². The van der Waals surface area contributed by atoms with Crippen LogP contribution in [0.25, 0.3) is 10.9 Å². The Morgan fingerprint density at radius 2 is 2.36 bits per heavy atom. The molecule has 0 radical (unpaired) electrons. The molecule has 0 spiro atoms. The fourth-order valence-electron chi connectivity index (χ4n) is 3.40. The van der Waals surface area contributed by atoms with Crippen molar-refractivity contribution in [1.29, 1.82) is 0 Å². The van der Waals surface area contributed by atoms with Crippen molar-refractivity contribution in [2.75, 3.05) is 20.6 Å². The Balaban J connectivity index is 1.93. The zero-order valence-corrected chi connectivity index (χ0v) is 13.8. The number of hydrogen-bond acceptors (Lipinski definition) is 3. The number of fused-ring (bicyclic) bond motifs is 1. The first-order valence-electron chi connectivity index (χ1n) is 7.67. The Kier molecular flexibility index (Phi) is 4.63. The minimum Gasteiger partial charge on any atom is -0.361 e. The number of likely N-dealkylation sites (N-methyl/N-ethyl adjacent to an activating group) is 1. The smallest absolute Gasteiger partial charge is 0.175 e. The minimum atomic E-state index is -1.93. The number of benzene rings is 1. The van der Waals surface area contributed by atoms with Gasteiger partial charge in [-0.1, -0.05) is 6.07 Å². The van der Waals surface area contributed by atoms with Gasteiger partial charge < -0.3 is 19.8 Å². The second kappa shape index (κ2) is 6.50. The fourth-order valence-corrected chi connectivity index (χ4v) is 3.98. The molecule has 3 N–H and O–H groups in total. The molecule has 1 saturated heterocycles. The lowest BCUT2D eigenvalue weighted by molar-refractivity contribution is 0.310. The molecule has 0 saturated carbocycles. The molecule has 120 valence electrons. The van der Waals surface area contributed by atoms with Crippen LogP contribution in [-0.4, -0.2) is 45.3 Å². The van der Waals surface area contributed by atoms with Crippen LogP contribution in [-0.2, 0) is 17.5 Å². The van der Waals surface area contributed by atoms with E-state index in [4.69, 9.17) is 0 Å². The van der Waals surface area contributed by atoms with E-state index in [9.17, 15) is 8.76 Å². The number of nitrogens with zero attached hydrogens (tertiary/aromatic N) is 1. The molecule has 0 aliphatic carbocycles. The number of H-pyrrole nitrogens is 1. The van der Waals surface area contributed by atoms with Gasteiger partial charge in [-0.2, -0.15) is 0 Å². The molecule has 1 aromatic carbocycles. The molecule has 2 aromatic rings. The molecule has 2 heterocycles. The van der Waals surface area contributed by atoms with Gasteiger partial charge in [-0.3, -0.25) is 0 Å². The Morgan fingerprint density at radius 3 is 3.00 bits per heavy atom. The van der Waals surface area contributed by atoms with E-state index in [1.165, 1.54) is 24.9 Å². The zero-order chi connectivity index (χ0) is 15.7. The third-order valence-electron chi connectivity index (χ3n) is 4.69. The fraction of sp³-hybridized carbons (Fsp3) is 0.500. The number of nitrogens with one attached hydrogen (secondary N) is 2. The van der Waals surface area contributed by atoms with E-state index in [1.807, 2.05) is 18.2 Å². The van der Waals surface area contributed by atoms with Crippen molar-refractivity contribution in [2.24, 2.45) is 0 Å². The first-order valence-corrected chi connectivity index (χ1v) is 8.84. The molecule has 6 heteroatoms. The van der Waals surface area contributed by atoms with E-state index in [2.05, 4.69) is 28.4 Å². The van der Waals surface area contributed by atoms with Crippen molar-refractivity contribution in [2.45, 2.75) is 30.7 Å². The van der Waals surface area contributed by atoms with E-state index in [0.717, 1.165) is 22.9 Å². The van der Waals surface area contributed by atoms with Gasteiger partial charge in [-0.25, -0.2) is 4.21 Å². The number of likely N-dealkylation sites (tertiary alicyclic amines) is 1. The standard InChI is InChI=1S/C16H23N3O2S/c1-17-16(22(20)21)11-5-6-15-14(9-11)12(10-18-15)8-13-4-3-7-19(13)2/h5-6,9-10,13,16-18H,3-4,7-8H2,1-2H3,(H,20,21). The molecule has 1 aliphatic heterocycles. The summed E-state index contributed by atoms with van der Waals surface area (Å²) in [5.74, 6) is 0. The third kappa shape index (κ3) is 2.96. The summed E-state index contributed by atoms with van der Waals surface area (Å²) in [6.45, 7) is 1.17. The maximum Gasteiger partial charge on any atom is 0.175 e. The maximum absolute atomic E-state index is 11.4. The topological polar surface area (TPSA) is 68.4 Å².